The van der Waals surface area contributed by atoms with Gasteiger partial charge in [-0.25, -0.2) is 4.79 Å². The Bertz CT molecular complexity index is 1220. The molecule has 3 aromatic carbocycles. The van der Waals surface area contributed by atoms with Crippen LogP contribution in [0.1, 0.15) is 16.7 Å². The quantitative estimate of drug-likeness (QED) is 0.667. The second-order valence-corrected chi connectivity index (χ2v) is 7.81. The van der Waals surface area contributed by atoms with Crippen molar-refractivity contribution in [3.05, 3.63) is 89.5 Å². The maximum atomic E-state index is 12.6. The van der Waals surface area contributed by atoms with Crippen LogP contribution in [0.15, 0.2) is 72.8 Å². The largest absolute Gasteiger partial charge is 0.489 e. The van der Waals surface area contributed by atoms with Gasteiger partial charge in [0.05, 0.1) is 17.6 Å². The first-order valence-corrected chi connectivity index (χ1v) is 10.3. The zero-order chi connectivity index (χ0) is 22.1. The summed E-state index contributed by atoms with van der Waals surface area (Å²) in [5.74, 6) is -0.0358. The van der Waals surface area contributed by atoms with Crippen molar-refractivity contribution in [2.24, 2.45) is 5.92 Å². The number of benzene rings is 3. The normalized spacial score (nSPS) is 19.2. The molecule has 2 unspecified atom stereocenters. The third kappa shape index (κ3) is 3.63. The Morgan fingerprint density at radius 1 is 1.03 bits per heavy atom. The Hall–Kier alpha value is -4.31. The maximum absolute atomic E-state index is 12.6. The van der Waals surface area contributed by atoms with E-state index in [0.717, 1.165) is 22.5 Å². The van der Waals surface area contributed by atoms with Crippen LogP contribution in [0.25, 0.3) is 0 Å². The SMILES string of the molecule is N#Cc1ccc2c(c1)N(c1ccc(OCc3ccccc3)cc1)C1NC(=O)NC(=O)C1C2. The number of nitriles is 1. The topological polar surface area (TPSA) is 94.5 Å². The number of ether oxygens (including phenoxy) is 1. The minimum Gasteiger partial charge on any atom is -0.489 e. The second-order valence-electron chi connectivity index (χ2n) is 7.81. The van der Waals surface area contributed by atoms with Gasteiger partial charge in [0.2, 0.25) is 5.91 Å². The van der Waals surface area contributed by atoms with Crippen molar-refractivity contribution >= 4 is 23.3 Å². The van der Waals surface area contributed by atoms with Crippen molar-refractivity contribution in [1.82, 2.24) is 10.6 Å². The molecule has 0 spiro atoms. The number of carbonyl (C=O) groups is 2. The number of rotatable bonds is 4. The summed E-state index contributed by atoms with van der Waals surface area (Å²) < 4.78 is 5.89. The van der Waals surface area contributed by atoms with Crippen LogP contribution in [0.4, 0.5) is 16.2 Å². The van der Waals surface area contributed by atoms with Crippen LogP contribution in [-0.2, 0) is 17.8 Å². The van der Waals surface area contributed by atoms with Crippen LogP contribution in [0, 0.1) is 17.2 Å². The zero-order valence-electron chi connectivity index (χ0n) is 17.1. The first-order chi connectivity index (χ1) is 15.6. The smallest absolute Gasteiger partial charge is 0.323 e. The number of nitrogens with one attached hydrogen (secondary N) is 2. The van der Waals surface area contributed by atoms with Gasteiger partial charge in [0, 0.05) is 11.4 Å². The number of amides is 3. The lowest BCUT2D eigenvalue weighted by atomic mass is 9.86. The van der Waals surface area contributed by atoms with Gasteiger partial charge in [0.25, 0.3) is 0 Å². The standard InChI is InChI=1S/C25H20N4O3/c26-14-17-6-7-18-13-21-23(27-25(31)28-24(21)30)29(22(18)12-17)19-8-10-20(11-9-19)32-15-16-4-2-1-3-5-16/h1-12,21,23H,13,15H2,(H2,27,28,30,31). The molecule has 2 aliphatic rings. The summed E-state index contributed by atoms with van der Waals surface area (Å²) in [6, 6.07) is 24.5. The fourth-order valence-electron chi connectivity index (χ4n) is 4.23. The molecular weight excluding hydrogens is 404 g/mol. The fraction of sp³-hybridized carbons (Fsp3) is 0.160. The monoisotopic (exact) mass is 424 g/mol. The van der Waals surface area contributed by atoms with Crippen LogP contribution in [0.3, 0.4) is 0 Å². The third-order valence-corrected chi connectivity index (χ3v) is 5.79. The molecule has 0 saturated carbocycles. The second kappa shape index (κ2) is 8.08. The van der Waals surface area contributed by atoms with E-state index >= 15 is 0 Å². The highest BCUT2D eigenvalue weighted by atomic mass is 16.5. The molecule has 3 aromatic rings. The summed E-state index contributed by atoms with van der Waals surface area (Å²) in [7, 11) is 0. The highest BCUT2D eigenvalue weighted by Gasteiger charge is 2.43. The molecule has 2 aliphatic heterocycles. The minimum atomic E-state index is -0.547. The Kier molecular flexibility index (Phi) is 4.96. The van der Waals surface area contributed by atoms with Crippen molar-refractivity contribution in [3.8, 4) is 11.8 Å². The molecular formula is C25H20N4O3. The molecule has 3 amide bonds. The van der Waals surface area contributed by atoms with Crippen LogP contribution in [0.5, 0.6) is 5.75 Å². The third-order valence-electron chi connectivity index (χ3n) is 5.79. The number of imide groups is 1. The number of urea groups is 1. The molecule has 0 bridgehead atoms. The lowest BCUT2D eigenvalue weighted by Crippen LogP contribution is -2.65. The highest BCUT2D eigenvalue weighted by molar-refractivity contribution is 6.00. The summed E-state index contributed by atoms with van der Waals surface area (Å²) in [6.45, 7) is 0.458. The molecule has 1 fully saturated rings. The number of fused-ring (bicyclic) bond motifs is 2. The van der Waals surface area contributed by atoms with Gasteiger partial charge in [0.15, 0.2) is 0 Å². The predicted molar refractivity (Wildman–Crippen MR) is 118 cm³/mol. The Morgan fingerprint density at radius 3 is 2.56 bits per heavy atom. The molecule has 32 heavy (non-hydrogen) atoms. The zero-order valence-corrected chi connectivity index (χ0v) is 17.1. The van der Waals surface area contributed by atoms with Gasteiger partial charge in [-0.05, 0) is 53.9 Å². The van der Waals surface area contributed by atoms with E-state index in [-0.39, 0.29) is 5.91 Å². The van der Waals surface area contributed by atoms with E-state index in [4.69, 9.17) is 4.74 Å². The lowest BCUT2D eigenvalue weighted by Gasteiger charge is -2.45. The molecule has 158 valence electrons. The van der Waals surface area contributed by atoms with Crippen LogP contribution >= 0.6 is 0 Å². The van der Waals surface area contributed by atoms with Gasteiger partial charge in [0.1, 0.15) is 18.5 Å². The summed E-state index contributed by atoms with van der Waals surface area (Å²) in [5.41, 5.74) is 4.13. The highest BCUT2D eigenvalue weighted by Crippen LogP contribution is 2.40. The van der Waals surface area contributed by atoms with Gasteiger partial charge in [-0.3, -0.25) is 10.1 Å². The van der Waals surface area contributed by atoms with Gasteiger partial charge in [-0.2, -0.15) is 5.26 Å². The van der Waals surface area contributed by atoms with E-state index in [9.17, 15) is 14.9 Å². The molecule has 5 rings (SSSR count). The molecule has 7 heteroatoms. The van der Waals surface area contributed by atoms with Crippen LogP contribution in [-0.4, -0.2) is 18.1 Å². The van der Waals surface area contributed by atoms with E-state index in [2.05, 4.69) is 16.7 Å². The molecule has 0 aromatic heterocycles. The van der Waals surface area contributed by atoms with Crippen molar-refractivity contribution in [2.75, 3.05) is 4.90 Å². The first-order valence-electron chi connectivity index (χ1n) is 10.3. The van der Waals surface area contributed by atoms with Gasteiger partial charge in [-0.1, -0.05) is 36.4 Å². The maximum Gasteiger partial charge on any atom is 0.323 e. The Morgan fingerprint density at radius 2 is 1.81 bits per heavy atom. The Labute approximate surface area is 185 Å². The molecule has 0 radical (unpaired) electrons. The van der Waals surface area contributed by atoms with Gasteiger partial charge in [-0.15, -0.1) is 0 Å². The average Bonchev–Trinajstić information content (AvgIpc) is 2.82. The van der Waals surface area contributed by atoms with E-state index in [1.54, 1.807) is 12.1 Å². The van der Waals surface area contributed by atoms with Gasteiger partial charge >= 0.3 is 6.03 Å². The molecule has 0 aliphatic carbocycles. The lowest BCUT2D eigenvalue weighted by molar-refractivity contribution is -0.125. The minimum absolute atomic E-state index is 0.304. The fourth-order valence-corrected chi connectivity index (χ4v) is 4.23. The number of nitrogens with zero attached hydrogens (tertiary/aromatic N) is 2. The number of hydrogen-bond acceptors (Lipinski definition) is 5. The average molecular weight is 424 g/mol. The summed E-state index contributed by atoms with van der Waals surface area (Å²) >= 11 is 0. The van der Waals surface area contributed by atoms with Gasteiger partial charge < -0.3 is 15.0 Å². The van der Waals surface area contributed by atoms with Crippen LogP contribution < -0.4 is 20.3 Å². The summed E-state index contributed by atoms with van der Waals surface area (Å²) in [4.78, 5) is 26.5. The van der Waals surface area contributed by atoms with Crippen LogP contribution in [0.2, 0.25) is 0 Å². The van der Waals surface area contributed by atoms with E-state index in [1.165, 1.54) is 0 Å². The number of carbonyl (C=O) groups excluding carboxylic acids is 2. The van der Waals surface area contributed by atoms with Crippen molar-refractivity contribution in [2.45, 2.75) is 19.2 Å². The van der Waals surface area contributed by atoms with E-state index in [1.807, 2.05) is 65.6 Å². The van der Waals surface area contributed by atoms with E-state index < -0.39 is 18.1 Å². The molecule has 2 heterocycles. The van der Waals surface area contributed by atoms with E-state index in [0.29, 0.717) is 24.3 Å². The number of hydrogen-bond donors (Lipinski definition) is 2. The molecule has 7 nitrogen and oxygen atoms in total. The molecule has 1 saturated heterocycles. The predicted octanol–water partition coefficient (Wildman–Crippen LogP) is 3.61. The summed E-state index contributed by atoms with van der Waals surface area (Å²) in [6.07, 6.45) is -0.0687. The van der Waals surface area contributed by atoms with Crippen molar-refractivity contribution < 1.29 is 14.3 Å². The molecule has 2 N–H and O–H groups in total. The first kappa shape index (κ1) is 19.6. The number of anilines is 2. The van der Waals surface area contributed by atoms with Crippen molar-refractivity contribution in [1.29, 1.82) is 5.26 Å². The molecule has 2 atom stereocenters. The van der Waals surface area contributed by atoms with Crippen molar-refractivity contribution in [3.63, 3.8) is 0 Å². The summed E-state index contributed by atoms with van der Waals surface area (Å²) in [5, 5.41) is 14.6. The Balaban J connectivity index is 1.48.